The van der Waals surface area contributed by atoms with Gasteiger partial charge in [0.2, 0.25) is 0 Å². The lowest BCUT2D eigenvalue weighted by Gasteiger charge is -2.25. The van der Waals surface area contributed by atoms with E-state index in [1.54, 1.807) is 0 Å². The number of amides is 1. The molecule has 1 aliphatic rings. The van der Waals surface area contributed by atoms with Gasteiger partial charge in [0.15, 0.2) is 11.6 Å². The van der Waals surface area contributed by atoms with Gasteiger partial charge in [0.25, 0.3) is 5.91 Å². The van der Waals surface area contributed by atoms with E-state index >= 15 is 0 Å². The summed E-state index contributed by atoms with van der Waals surface area (Å²) in [5.41, 5.74) is 2.25. The fraction of sp³-hybridized carbons (Fsp3) is 0.235. The zero-order chi connectivity index (χ0) is 14.8. The fourth-order valence-electron chi connectivity index (χ4n) is 2.76. The molecule has 2 aromatic rings. The zero-order valence-corrected chi connectivity index (χ0v) is 11.4. The number of carbonyl (C=O) groups excluding carboxylic acids is 1. The third kappa shape index (κ3) is 2.79. The molecule has 0 fully saturated rings. The van der Waals surface area contributed by atoms with Crippen molar-refractivity contribution in [2.24, 2.45) is 0 Å². The second kappa shape index (κ2) is 5.64. The third-order valence-corrected chi connectivity index (χ3v) is 3.88. The van der Waals surface area contributed by atoms with Crippen LogP contribution in [0.25, 0.3) is 0 Å². The number of hydrogen-bond donors (Lipinski definition) is 1. The summed E-state index contributed by atoms with van der Waals surface area (Å²) in [5.74, 6) is -2.65. The summed E-state index contributed by atoms with van der Waals surface area (Å²) in [7, 11) is 0. The van der Waals surface area contributed by atoms with Crippen LogP contribution in [0.3, 0.4) is 0 Å². The molecule has 1 aliphatic carbocycles. The Morgan fingerprint density at radius 1 is 1.05 bits per heavy atom. The highest BCUT2D eigenvalue weighted by Gasteiger charge is 2.22. The van der Waals surface area contributed by atoms with Crippen molar-refractivity contribution in [1.29, 1.82) is 0 Å². The number of aryl methyl sites for hydroxylation is 1. The lowest BCUT2D eigenvalue weighted by molar-refractivity contribution is 0.0928. The van der Waals surface area contributed by atoms with Crippen molar-refractivity contribution in [2.45, 2.75) is 25.3 Å². The predicted molar refractivity (Wildman–Crippen MR) is 76.1 cm³/mol. The first-order valence-corrected chi connectivity index (χ1v) is 6.97. The number of benzene rings is 2. The number of halogens is 2. The van der Waals surface area contributed by atoms with Crippen LogP contribution in [-0.2, 0) is 12.8 Å². The summed E-state index contributed by atoms with van der Waals surface area (Å²) in [6, 6.07) is 11.7. The van der Waals surface area contributed by atoms with E-state index in [4.69, 9.17) is 0 Å². The summed E-state index contributed by atoms with van der Waals surface area (Å²) in [6.45, 7) is 0. The van der Waals surface area contributed by atoms with E-state index in [9.17, 15) is 13.6 Å². The van der Waals surface area contributed by atoms with Gasteiger partial charge in [-0.1, -0.05) is 30.3 Å². The van der Waals surface area contributed by atoms with Gasteiger partial charge in [0.05, 0.1) is 5.56 Å². The smallest absolute Gasteiger partial charge is 0.254 e. The molecule has 0 aromatic heterocycles. The first-order valence-electron chi connectivity index (χ1n) is 6.97. The van der Waals surface area contributed by atoms with E-state index in [-0.39, 0.29) is 11.6 Å². The van der Waals surface area contributed by atoms with Gasteiger partial charge < -0.3 is 5.32 Å². The highest BCUT2D eigenvalue weighted by molar-refractivity contribution is 5.94. The molecule has 0 radical (unpaired) electrons. The lowest BCUT2D eigenvalue weighted by Crippen LogP contribution is -2.39. The van der Waals surface area contributed by atoms with Crippen LogP contribution in [0, 0.1) is 11.6 Å². The second-order valence-corrected chi connectivity index (χ2v) is 5.28. The SMILES string of the molecule is O=C(NC1CCc2ccccc2C1)c1cccc(F)c1F. The van der Waals surface area contributed by atoms with Gasteiger partial charge in [0, 0.05) is 6.04 Å². The molecule has 1 unspecified atom stereocenters. The summed E-state index contributed by atoms with van der Waals surface area (Å²) >= 11 is 0. The Labute approximate surface area is 121 Å². The van der Waals surface area contributed by atoms with Gasteiger partial charge in [-0.3, -0.25) is 4.79 Å². The molecule has 0 heterocycles. The quantitative estimate of drug-likeness (QED) is 0.902. The van der Waals surface area contributed by atoms with Crippen molar-refractivity contribution in [2.75, 3.05) is 0 Å². The second-order valence-electron chi connectivity index (χ2n) is 5.28. The van der Waals surface area contributed by atoms with Crippen LogP contribution in [-0.4, -0.2) is 11.9 Å². The van der Waals surface area contributed by atoms with E-state index in [1.165, 1.54) is 23.3 Å². The van der Waals surface area contributed by atoms with Gasteiger partial charge in [-0.15, -0.1) is 0 Å². The standard InChI is InChI=1S/C17H15F2NO/c18-15-7-3-6-14(16(15)19)17(21)20-13-9-8-11-4-1-2-5-12(11)10-13/h1-7,13H,8-10H2,(H,20,21). The molecular formula is C17H15F2NO. The lowest BCUT2D eigenvalue weighted by atomic mass is 9.88. The van der Waals surface area contributed by atoms with Crippen LogP contribution < -0.4 is 5.32 Å². The minimum Gasteiger partial charge on any atom is -0.349 e. The van der Waals surface area contributed by atoms with Crippen molar-refractivity contribution >= 4 is 5.91 Å². The van der Waals surface area contributed by atoms with Crippen LogP contribution >= 0.6 is 0 Å². The van der Waals surface area contributed by atoms with Crippen LogP contribution in [0.15, 0.2) is 42.5 Å². The largest absolute Gasteiger partial charge is 0.349 e. The van der Waals surface area contributed by atoms with Gasteiger partial charge in [-0.05, 0) is 42.5 Å². The number of rotatable bonds is 2. The van der Waals surface area contributed by atoms with Crippen molar-refractivity contribution in [1.82, 2.24) is 5.32 Å². The van der Waals surface area contributed by atoms with Crippen LogP contribution in [0.5, 0.6) is 0 Å². The van der Waals surface area contributed by atoms with Crippen molar-refractivity contribution in [3.05, 3.63) is 70.8 Å². The molecule has 0 spiro atoms. The number of nitrogens with one attached hydrogen (secondary N) is 1. The summed E-state index contributed by atoms with van der Waals surface area (Å²) in [6.07, 6.45) is 2.41. The first kappa shape index (κ1) is 13.7. The molecule has 1 atom stereocenters. The molecule has 3 rings (SSSR count). The van der Waals surface area contributed by atoms with E-state index in [2.05, 4.69) is 11.4 Å². The van der Waals surface area contributed by atoms with Gasteiger partial charge in [-0.25, -0.2) is 8.78 Å². The Hall–Kier alpha value is -2.23. The minimum absolute atomic E-state index is 0.0462. The molecule has 2 nitrogen and oxygen atoms in total. The molecular weight excluding hydrogens is 272 g/mol. The van der Waals surface area contributed by atoms with Crippen molar-refractivity contribution in [3.8, 4) is 0 Å². The molecule has 0 bridgehead atoms. The zero-order valence-electron chi connectivity index (χ0n) is 11.4. The first-order chi connectivity index (χ1) is 10.1. The Morgan fingerprint density at radius 3 is 2.62 bits per heavy atom. The Balaban J connectivity index is 1.73. The summed E-state index contributed by atoms with van der Waals surface area (Å²) < 4.78 is 26.8. The summed E-state index contributed by atoms with van der Waals surface area (Å²) in [5, 5.41) is 2.80. The monoisotopic (exact) mass is 287 g/mol. The van der Waals surface area contributed by atoms with Crippen molar-refractivity contribution in [3.63, 3.8) is 0 Å². The van der Waals surface area contributed by atoms with Crippen LogP contribution in [0.4, 0.5) is 8.78 Å². The highest BCUT2D eigenvalue weighted by Crippen LogP contribution is 2.21. The molecule has 1 N–H and O–H groups in total. The minimum atomic E-state index is -1.09. The molecule has 1 amide bonds. The maximum Gasteiger partial charge on any atom is 0.254 e. The number of carbonyl (C=O) groups is 1. The highest BCUT2D eigenvalue weighted by atomic mass is 19.2. The molecule has 4 heteroatoms. The third-order valence-electron chi connectivity index (χ3n) is 3.88. The maximum absolute atomic E-state index is 13.6. The van der Waals surface area contributed by atoms with Gasteiger partial charge in [0.1, 0.15) is 0 Å². The van der Waals surface area contributed by atoms with Gasteiger partial charge >= 0.3 is 0 Å². The van der Waals surface area contributed by atoms with Gasteiger partial charge in [-0.2, -0.15) is 0 Å². The molecule has 0 saturated carbocycles. The molecule has 108 valence electrons. The Morgan fingerprint density at radius 2 is 1.81 bits per heavy atom. The van der Waals surface area contributed by atoms with Crippen molar-refractivity contribution < 1.29 is 13.6 Å². The fourth-order valence-corrected chi connectivity index (χ4v) is 2.76. The molecule has 0 aliphatic heterocycles. The van der Waals surface area contributed by atoms with E-state index in [0.717, 1.165) is 25.3 Å². The van der Waals surface area contributed by atoms with Crippen LogP contribution in [0.1, 0.15) is 27.9 Å². The van der Waals surface area contributed by atoms with E-state index in [0.29, 0.717) is 0 Å². The predicted octanol–water partition coefficient (Wildman–Crippen LogP) is 3.25. The Kier molecular flexibility index (Phi) is 3.69. The maximum atomic E-state index is 13.6. The Bertz CT molecular complexity index is 684. The molecule has 21 heavy (non-hydrogen) atoms. The summed E-state index contributed by atoms with van der Waals surface area (Å²) in [4.78, 5) is 12.1. The normalized spacial score (nSPS) is 17.1. The van der Waals surface area contributed by atoms with Crippen LogP contribution in [0.2, 0.25) is 0 Å². The average molecular weight is 287 g/mol. The molecule has 0 saturated heterocycles. The number of hydrogen-bond acceptors (Lipinski definition) is 1. The molecule has 2 aromatic carbocycles. The number of fused-ring (bicyclic) bond motifs is 1. The van der Waals surface area contributed by atoms with E-state index in [1.807, 2.05) is 18.2 Å². The average Bonchev–Trinajstić information content (AvgIpc) is 2.50. The topological polar surface area (TPSA) is 29.1 Å². The van der Waals surface area contributed by atoms with E-state index < -0.39 is 17.5 Å².